The van der Waals surface area contributed by atoms with Crippen LogP contribution in [0.2, 0.25) is 0 Å². The molecule has 0 saturated carbocycles. The Balaban J connectivity index is 0.000000853. The van der Waals surface area contributed by atoms with Crippen molar-refractivity contribution in [3.8, 4) is 23.7 Å². The normalized spacial score (nSPS) is 12.4. The molecule has 0 aliphatic carbocycles. The van der Waals surface area contributed by atoms with E-state index in [9.17, 15) is 25.2 Å². The van der Waals surface area contributed by atoms with E-state index in [1.54, 1.807) is 0 Å². The molecule has 0 radical (unpaired) electrons. The molecule has 0 atom stereocenters. The van der Waals surface area contributed by atoms with Crippen LogP contribution in [-0.2, 0) is 17.6 Å². The fourth-order valence-electron chi connectivity index (χ4n) is 8.54. The van der Waals surface area contributed by atoms with E-state index in [4.69, 9.17) is 10.2 Å². The van der Waals surface area contributed by atoms with Crippen molar-refractivity contribution in [1.82, 2.24) is 19.6 Å². The average molecular weight is 946 g/mol. The Morgan fingerprint density at radius 2 is 0.696 bits per heavy atom. The molecule has 0 fully saturated rings. The Bertz CT molecular complexity index is 2850. The molecular formula is C57H46F6N5P. The van der Waals surface area contributed by atoms with Crippen LogP contribution in [0.25, 0.3) is 0 Å². The van der Waals surface area contributed by atoms with Gasteiger partial charge in [0.05, 0.1) is 34.6 Å². The quantitative estimate of drug-likeness (QED) is 0.0426. The minimum absolute atomic E-state index is 0.709. The van der Waals surface area contributed by atoms with Gasteiger partial charge in [-0.2, -0.15) is 10.2 Å². The van der Waals surface area contributed by atoms with Gasteiger partial charge in [-0.3, -0.25) is 9.36 Å². The third-order valence-corrected chi connectivity index (χ3v) is 11.4. The second-order valence-corrected chi connectivity index (χ2v) is 18.2. The van der Waals surface area contributed by atoms with Gasteiger partial charge in [0.15, 0.2) is 12.4 Å². The SMILES string of the molecule is CCCC[n+]1cc(C#Cc2cnn(C(c3ccccc3)(c3ccccc3)c3ccccc3)c2)cc(C#Cc2cnn(C(c3ccccc3)(c3ccccc3)c3ccccc3)c2)c1.F[P-](F)(F)(F)(F)F. The number of hydrogen-bond donors (Lipinski definition) is 0. The number of halogens is 6. The number of rotatable bonds is 11. The van der Waals surface area contributed by atoms with Crippen molar-refractivity contribution < 1.29 is 29.7 Å². The van der Waals surface area contributed by atoms with E-state index in [2.05, 4.69) is 257 Å². The summed E-state index contributed by atoms with van der Waals surface area (Å²) in [6.45, 7) is 3.08. The summed E-state index contributed by atoms with van der Waals surface area (Å²) in [5, 5.41) is 10.0. The van der Waals surface area contributed by atoms with Crippen LogP contribution in [0, 0.1) is 23.7 Å². The van der Waals surface area contributed by atoms with Crippen LogP contribution in [0.5, 0.6) is 0 Å². The second-order valence-electron chi connectivity index (χ2n) is 16.3. The maximum atomic E-state index is 9.87. The van der Waals surface area contributed by atoms with Crippen LogP contribution < -0.4 is 4.57 Å². The van der Waals surface area contributed by atoms with Crippen molar-refractivity contribution in [2.24, 2.45) is 0 Å². The molecule has 9 aromatic rings. The molecular weight excluding hydrogens is 900 g/mol. The first-order chi connectivity index (χ1) is 33.1. The van der Waals surface area contributed by atoms with Crippen molar-refractivity contribution in [3.05, 3.63) is 281 Å². The molecule has 3 heterocycles. The summed E-state index contributed by atoms with van der Waals surface area (Å²) in [6, 6.07) is 65.5. The van der Waals surface area contributed by atoms with Gasteiger partial charge in [0.1, 0.15) is 17.6 Å². The van der Waals surface area contributed by atoms with Crippen LogP contribution in [0.4, 0.5) is 25.2 Å². The van der Waals surface area contributed by atoms with Crippen molar-refractivity contribution in [2.45, 2.75) is 37.4 Å². The molecule has 5 nitrogen and oxygen atoms in total. The Hall–Kier alpha value is -7.98. The number of nitrogens with zero attached hydrogens (tertiary/aromatic N) is 5. The first kappa shape index (κ1) is 47.5. The summed E-state index contributed by atoms with van der Waals surface area (Å²) in [5.41, 5.74) is 8.65. The van der Waals surface area contributed by atoms with Crippen LogP contribution in [-0.4, -0.2) is 19.6 Å². The van der Waals surface area contributed by atoms with Crippen LogP contribution in [0.1, 0.15) is 75.4 Å². The molecule has 3 aromatic heterocycles. The number of aromatic nitrogens is 5. The van der Waals surface area contributed by atoms with Crippen LogP contribution in [0.3, 0.4) is 0 Å². The van der Waals surface area contributed by atoms with Gasteiger partial charge in [0, 0.05) is 18.8 Å². The summed E-state index contributed by atoms with van der Waals surface area (Å²) in [7, 11) is -10.7. The number of unbranched alkanes of at least 4 members (excludes halogenated alkanes) is 1. The molecule has 0 saturated heterocycles. The van der Waals surface area contributed by atoms with Gasteiger partial charge in [-0.05, 0) is 39.4 Å². The summed E-state index contributed by atoms with van der Waals surface area (Å²) in [5.74, 6) is 13.8. The van der Waals surface area contributed by atoms with Crippen molar-refractivity contribution in [1.29, 1.82) is 0 Å². The van der Waals surface area contributed by atoms with Gasteiger partial charge in [-0.1, -0.05) is 219 Å². The minimum atomic E-state index is -10.7. The van der Waals surface area contributed by atoms with E-state index < -0.39 is 18.9 Å². The van der Waals surface area contributed by atoms with Gasteiger partial charge in [0.25, 0.3) is 0 Å². The van der Waals surface area contributed by atoms with Gasteiger partial charge in [-0.25, -0.2) is 4.57 Å². The molecule has 6 aromatic carbocycles. The fraction of sp³-hybridized carbons (Fsp3) is 0.105. The topological polar surface area (TPSA) is 39.5 Å². The Kier molecular flexibility index (Phi) is 13.3. The molecule has 9 rings (SSSR count). The van der Waals surface area contributed by atoms with Gasteiger partial charge in [-0.15, -0.1) is 0 Å². The summed E-state index contributed by atoms with van der Waals surface area (Å²) in [4.78, 5) is 0. The molecule has 0 spiro atoms. The fourth-order valence-corrected chi connectivity index (χ4v) is 8.54. The predicted octanol–water partition coefficient (Wildman–Crippen LogP) is 14.0. The molecule has 0 N–H and O–H groups in total. The van der Waals surface area contributed by atoms with Crippen molar-refractivity contribution in [2.75, 3.05) is 0 Å². The van der Waals surface area contributed by atoms with E-state index >= 15 is 0 Å². The summed E-state index contributed by atoms with van der Waals surface area (Å²) in [6.07, 6.45) is 14.2. The number of aryl methyl sites for hydroxylation is 1. The standard InChI is InChI=1S/C57H46N5.F6P/c1-2-3-38-60-42-46(34-36-48-40-58-61(44-48)56(50-22-10-4-11-23-50,51-24-12-5-13-25-51)52-26-14-6-15-27-52)39-47(43-60)35-37-49-41-59-62(45-49)57(53-28-16-7-17-29-53,54-30-18-8-19-31-54)55-32-20-9-21-33-55;1-7(2,3,4,5)6/h4-33,39-45H,2-3,38H2,1H3;/q+1;-1. The van der Waals surface area contributed by atoms with E-state index in [-0.39, 0.29) is 0 Å². The predicted molar refractivity (Wildman–Crippen MR) is 261 cm³/mol. The summed E-state index contributed by atoms with van der Waals surface area (Å²) < 4.78 is 65.5. The molecule has 0 amide bonds. The van der Waals surface area contributed by atoms with Crippen molar-refractivity contribution >= 4 is 7.81 Å². The Morgan fingerprint density at radius 1 is 0.435 bits per heavy atom. The molecule has 0 unspecified atom stereocenters. The third-order valence-electron chi connectivity index (χ3n) is 11.4. The Labute approximate surface area is 397 Å². The summed E-state index contributed by atoms with van der Waals surface area (Å²) >= 11 is 0. The Morgan fingerprint density at radius 3 is 0.957 bits per heavy atom. The molecule has 0 aliphatic heterocycles. The first-order valence-corrected chi connectivity index (χ1v) is 24.2. The van der Waals surface area contributed by atoms with Gasteiger partial charge < -0.3 is 0 Å². The van der Waals surface area contributed by atoms with E-state index in [0.29, 0.717) is 0 Å². The second kappa shape index (κ2) is 19.3. The molecule has 346 valence electrons. The van der Waals surface area contributed by atoms with Gasteiger partial charge >= 0.3 is 33.0 Å². The number of benzene rings is 6. The molecule has 69 heavy (non-hydrogen) atoms. The van der Waals surface area contributed by atoms with E-state index in [1.807, 2.05) is 12.4 Å². The van der Waals surface area contributed by atoms with Crippen LogP contribution in [0.15, 0.2) is 225 Å². The monoisotopic (exact) mass is 945 g/mol. The zero-order valence-corrected chi connectivity index (χ0v) is 38.3. The molecule has 0 aliphatic rings. The zero-order valence-electron chi connectivity index (χ0n) is 37.4. The van der Waals surface area contributed by atoms with Crippen LogP contribution >= 0.6 is 7.81 Å². The first-order valence-electron chi connectivity index (χ1n) is 22.2. The average Bonchev–Trinajstić information content (AvgIpc) is 4.05. The van der Waals surface area contributed by atoms with E-state index in [1.165, 1.54) is 0 Å². The molecule has 0 bridgehead atoms. The number of hydrogen-bond acceptors (Lipinski definition) is 2. The zero-order chi connectivity index (χ0) is 48.4. The maximum absolute atomic E-state index is 10.7. The number of pyridine rings is 1. The van der Waals surface area contributed by atoms with Gasteiger partial charge in [0.2, 0.25) is 0 Å². The third kappa shape index (κ3) is 11.6. The molecule has 12 heteroatoms. The van der Waals surface area contributed by atoms with Crippen molar-refractivity contribution in [3.63, 3.8) is 0 Å². The van der Waals surface area contributed by atoms with E-state index in [0.717, 1.165) is 75.0 Å².